The molecule has 21 valence electrons. The van der Waals surface area contributed by atoms with Gasteiger partial charge in [-0.25, -0.2) is 0 Å². The third-order valence-electron chi connectivity index (χ3n) is 0. The van der Waals surface area contributed by atoms with Gasteiger partial charge in [0.2, 0.25) is 0 Å². The molecule has 0 heterocycles. The Bertz CT molecular complexity index is 8.00. The van der Waals surface area contributed by atoms with Gasteiger partial charge in [-0.15, -0.1) is 0 Å². The van der Waals surface area contributed by atoms with E-state index in [-0.39, 0.29) is 36.8 Å². The van der Waals surface area contributed by atoms with E-state index in [0.29, 0.717) is 0 Å². The van der Waals surface area contributed by atoms with E-state index in [1.54, 1.807) is 0 Å². The van der Waals surface area contributed by atoms with Crippen LogP contribution < -0.4 is 0 Å². The molecule has 0 aliphatic heterocycles. The fourth-order valence-electron chi connectivity index (χ4n) is 0. The largest absolute Gasteiger partial charge is 0 e. The van der Waals surface area contributed by atoms with Gasteiger partial charge in [-0.2, -0.15) is 0 Å². The monoisotopic (exact) mass is 225 g/mol. The molecule has 4 heavy (non-hydrogen) atoms. The van der Waals surface area contributed by atoms with Crippen LogP contribution in [0.5, 0.6) is 0 Å². The summed E-state index contributed by atoms with van der Waals surface area (Å²) < 4.78 is 0. The van der Waals surface area contributed by atoms with Crippen molar-refractivity contribution in [2.75, 3.05) is 0 Å². The van der Waals surface area contributed by atoms with Crippen LogP contribution in [0.1, 0.15) is 0 Å². The fourth-order valence-corrected chi connectivity index (χ4v) is 0. The molecule has 0 rings (SSSR count). The van der Waals surface area contributed by atoms with E-state index in [0.717, 1.165) is 0 Å². The molecule has 0 N–H and O–H groups in total. The molecule has 0 bridgehead atoms. The van der Waals surface area contributed by atoms with Crippen LogP contribution in [0, 0.1) is 0 Å². The molecule has 0 aromatic heterocycles. The molecular formula is H5AlMoPZn. The van der Waals surface area contributed by atoms with Crippen molar-refractivity contribution in [3.8, 4) is 0 Å². The number of hydrogen-bond donors (Lipinski definition) is 0. The van der Waals surface area contributed by atoms with E-state index in [1.165, 1.54) is 0 Å². The van der Waals surface area contributed by atoms with Crippen LogP contribution in [0.3, 0.4) is 0 Å². The van der Waals surface area contributed by atoms with Gasteiger partial charge >= 0.3 is 26.6 Å². The summed E-state index contributed by atoms with van der Waals surface area (Å²) in [5, 5.41) is 0. The van der Waals surface area contributed by atoms with Crippen molar-refractivity contribution in [1.29, 1.82) is 0 Å². The molecule has 1 atom stereocenters. The number of rotatable bonds is 0. The van der Waals surface area contributed by atoms with Gasteiger partial charge in [0, 0.05) is 19.5 Å². The topological polar surface area (TPSA) is 0 Å². The SMILES string of the molecule is [AlH3].[PH2][Mo].[Zn]. The molecule has 0 amide bonds. The zero-order valence-electron chi connectivity index (χ0n) is 1.69. The Hall–Kier alpha value is 2.27. The predicted molar refractivity (Wildman–Crippen MR) is 19.6 cm³/mol. The molecule has 0 saturated carbocycles. The maximum Gasteiger partial charge on any atom is 0 e. The first-order chi connectivity index (χ1) is 1.00. The van der Waals surface area contributed by atoms with Crippen LogP contribution in [-0.4, -0.2) is 17.4 Å². The van der Waals surface area contributed by atoms with E-state index in [1.807, 2.05) is 19.3 Å². The fraction of sp³-hybridized carbons (Fsp3) is 0. The molecule has 4 heteroatoms. The molecule has 0 aliphatic carbocycles. The van der Waals surface area contributed by atoms with Crippen molar-refractivity contribution in [1.82, 2.24) is 0 Å². The van der Waals surface area contributed by atoms with Gasteiger partial charge < -0.3 is 0 Å². The maximum atomic E-state index is 2.43. The standard InChI is InChI=1S/Al.Mo.H2P.Zn.3H/h;;1H2;;;;/q;+1;-1;;;;. The Morgan fingerprint density at radius 1 is 1.25 bits per heavy atom. The summed E-state index contributed by atoms with van der Waals surface area (Å²) >= 11 is 1.87. The summed E-state index contributed by atoms with van der Waals surface area (Å²) in [5.74, 6) is 0. The summed E-state index contributed by atoms with van der Waals surface area (Å²) in [6.45, 7) is 0. The minimum absolute atomic E-state index is 0. The summed E-state index contributed by atoms with van der Waals surface area (Å²) in [6, 6.07) is 0. The van der Waals surface area contributed by atoms with Gasteiger partial charge in [0.1, 0.15) is 0 Å². The first kappa shape index (κ1) is 16.3. The molecule has 0 radical (unpaired) electrons. The van der Waals surface area contributed by atoms with Crippen molar-refractivity contribution in [3.05, 3.63) is 0 Å². The Morgan fingerprint density at radius 2 is 1.25 bits per heavy atom. The van der Waals surface area contributed by atoms with Gasteiger partial charge in [-0.3, -0.25) is 0 Å². The molecule has 1 unspecified atom stereocenters. The van der Waals surface area contributed by atoms with E-state index in [4.69, 9.17) is 0 Å². The van der Waals surface area contributed by atoms with Gasteiger partial charge in [-0.05, 0) is 0 Å². The minimum atomic E-state index is 0. The molecule has 0 fully saturated rings. The van der Waals surface area contributed by atoms with Crippen molar-refractivity contribution in [2.24, 2.45) is 0 Å². The quantitative estimate of drug-likeness (QED) is 0.371. The van der Waals surface area contributed by atoms with Gasteiger partial charge in [0.25, 0.3) is 0 Å². The Labute approximate surface area is 62.9 Å². The number of hydrogen-bond acceptors (Lipinski definition) is 0. The Morgan fingerprint density at radius 3 is 1.25 bits per heavy atom. The summed E-state index contributed by atoms with van der Waals surface area (Å²) in [5.41, 5.74) is 0. The normalized spacial score (nSPS) is 1.25. The smallest absolute Gasteiger partial charge is 0 e. The van der Waals surface area contributed by atoms with Crippen molar-refractivity contribution >= 4 is 24.7 Å². The Balaban J connectivity index is -0.00000000500. The van der Waals surface area contributed by atoms with Crippen LogP contribution in [0.2, 0.25) is 0 Å². The minimum Gasteiger partial charge on any atom is 0 e. The van der Waals surface area contributed by atoms with Crippen LogP contribution >= 0.6 is 7.33 Å². The van der Waals surface area contributed by atoms with Crippen molar-refractivity contribution in [3.63, 3.8) is 0 Å². The maximum absolute atomic E-state index is 2.43. The van der Waals surface area contributed by atoms with Crippen molar-refractivity contribution in [2.45, 2.75) is 0 Å². The van der Waals surface area contributed by atoms with Gasteiger partial charge in [0.05, 0.1) is 0 Å². The first-order valence-electron chi connectivity index (χ1n) is 0.236. The summed E-state index contributed by atoms with van der Waals surface area (Å²) in [7, 11) is 2.43. The van der Waals surface area contributed by atoms with Gasteiger partial charge in [-0.1, -0.05) is 0 Å². The zero-order chi connectivity index (χ0) is 2.00. The van der Waals surface area contributed by atoms with Gasteiger partial charge in [0.15, 0.2) is 17.4 Å². The third kappa shape index (κ3) is 8.86. The molecular weight excluding hydrogens is 219 g/mol. The average molecular weight is 224 g/mol. The third-order valence-corrected chi connectivity index (χ3v) is 0. The second-order valence-corrected chi connectivity index (χ2v) is 0. The molecule has 0 aromatic carbocycles. The molecule has 0 aliphatic rings. The van der Waals surface area contributed by atoms with Crippen LogP contribution in [0.15, 0.2) is 0 Å². The van der Waals surface area contributed by atoms with E-state index < -0.39 is 0 Å². The summed E-state index contributed by atoms with van der Waals surface area (Å²) in [6.07, 6.45) is 0. The predicted octanol–water partition coefficient (Wildman–Crippen LogP) is -0.863. The van der Waals surface area contributed by atoms with Crippen LogP contribution in [0.25, 0.3) is 0 Å². The molecule has 0 nitrogen and oxygen atoms in total. The molecule has 0 spiro atoms. The van der Waals surface area contributed by atoms with Crippen molar-refractivity contribution < 1.29 is 38.8 Å². The van der Waals surface area contributed by atoms with E-state index in [9.17, 15) is 0 Å². The average Bonchev–Trinajstić information content (AvgIpc) is 1.00. The van der Waals surface area contributed by atoms with Crippen LogP contribution in [0.4, 0.5) is 0 Å². The second-order valence-electron chi connectivity index (χ2n) is 0. The second kappa shape index (κ2) is 18.6. The van der Waals surface area contributed by atoms with Crippen LogP contribution in [-0.2, 0) is 38.8 Å². The molecule has 0 aromatic rings. The Kier molecular flexibility index (Phi) is 75.8. The zero-order valence-corrected chi connectivity index (χ0v) is 7.82. The summed E-state index contributed by atoms with van der Waals surface area (Å²) in [4.78, 5) is 0. The first-order valence-corrected chi connectivity index (χ1v) is 4.18. The van der Waals surface area contributed by atoms with E-state index in [2.05, 4.69) is 7.33 Å². The van der Waals surface area contributed by atoms with E-state index >= 15 is 0 Å². The molecule has 0 saturated heterocycles.